The van der Waals surface area contributed by atoms with Gasteiger partial charge in [-0.05, 0) is 17.5 Å². The molecule has 0 bridgehead atoms. The smallest absolute Gasteiger partial charge is 0.319 e. The highest BCUT2D eigenvalue weighted by atomic mass is 16.3. The Balaban J connectivity index is 2.36. The molecule has 0 aliphatic rings. The zero-order chi connectivity index (χ0) is 12.9. The molecule has 0 spiro atoms. The molecule has 0 aromatic carbocycles. The number of pyridine rings is 1. The first-order chi connectivity index (χ1) is 7.89. The monoisotopic (exact) mass is 237 g/mol. The maximum absolute atomic E-state index is 11.5. The molecule has 1 atom stereocenters. The molecule has 5 heteroatoms. The minimum absolute atomic E-state index is 0.218. The molecule has 3 N–H and O–H groups in total. The van der Waals surface area contributed by atoms with Gasteiger partial charge in [0.2, 0.25) is 0 Å². The van der Waals surface area contributed by atoms with Gasteiger partial charge in [0.05, 0.1) is 18.0 Å². The van der Waals surface area contributed by atoms with Gasteiger partial charge in [-0.25, -0.2) is 4.79 Å². The van der Waals surface area contributed by atoms with Crippen molar-refractivity contribution in [2.75, 3.05) is 11.9 Å². The van der Waals surface area contributed by atoms with Crippen molar-refractivity contribution in [2.45, 2.75) is 26.9 Å². The number of carbonyl (C=O) groups is 1. The molecule has 0 saturated carbocycles. The van der Waals surface area contributed by atoms with E-state index in [1.54, 1.807) is 24.5 Å². The molecule has 0 fully saturated rings. The number of hydrogen-bond acceptors (Lipinski definition) is 3. The van der Waals surface area contributed by atoms with Gasteiger partial charge in [-0.15, -0.1) is 0 Å². The number of amides is 2. The lowest BCUT2D eigenvalue weighted by molar-refractivity contribution is 0.0654. The van der Waals surface area contributed by atoms with E-state index < -0.39 is 6.10 Å². The third kappa shape index (κ3) is 4.82. The molecule has 1 unspecified atom stereocenters. The van der Waals surface area contributed by atoms with Crippen molar-refractivity contribution in [3.05, 3.63) is 24.5 Å². The summed E-state index contributed by atoms with van der Waals surface area (Å²) in [5.74, 6) is 0. The van der Waals surface area contributed by atoms with Crippen LogP contribution in [-0.2, 0) is 0 Å². The summed E-state index contributed by atoms with van der Waals surface area (Å²) in [6.07, 6.45) is 2.61. The van der Waals surface area contributed by atoms with E-state index in [1.807, 2.05) is 20.8 Å². The highest BCUT2D eigenvalue weighted by molar-refractivity contribution is 5.88. The Morgan fingerprint density at radius 2 is 2.24 bits per heavy atom. The Hall–Kier alpha value is -1.62. The Morgan fingerprint density at radius 3 is 2.76 bits per heavy atom. The van der Waals surface area contributed by atoms with Gasteiger partial charge in [0.15, 0.2) is 0 Å². The normalized spacial score (nSPS) is 12.9. The lowest BCUT2D eigenvalue weighted by Gasteiger charge is -2.25. The molecule has 1 aromatic heterocycles. The van der Waals surface area contributed by atoms with E-state index in [1.165, 1.54) is 0 Å². The van der Waals surface area contributed by atoms with E-state index in [4.69, 9.17) is 0 Å². The Bertz CT molecular complexity index is 360. The zero-order valence-electron chi connectivity index (χ0n) is 10.4. The van der Waals surface area contributed by atoms with Crippen LogP contribution in [0.2, 0.25) is 0 Å². The van der Waals surface area contributed by atoms with Gasteiger partial charge in [0.1, 0.15) is 0 Å². The van der Waals surface area contributed by atoms with E-state index in [2.05, 4.69) is 15.6 Å². The maximum atomic E-state index is 11.5. The molecule has 17 heavy (non-hydrogen) atoms. The number of nitrogens with zero attached hydrogens (tertiary/aromatic N) is 1. The van der Waals surface area contributed by atoms with E-state index in [9.17, 15) is 9.90 Å². The number of rotatable bonds is 3. The number of urea groups is 1. The van der Waals surface area contributed by atoms with Gasteiger partial charge in [-0.2, -0.15) is 0 Å². The van der Waals surface area contributed by atoms with Crippen LogP contribution in [0.5, 0.6) is 0 Å². The first-order valence-corrected chi connectivity index (χ1v) is 5.52. The fraction of sp³-hybridized carbons (Fsp3) is 0.500. The lowest BCUT2D eigenvalue weighted by atomic mass is 9.89. The number of aromatic nitrogens is 1. The minimum Gasteiger partial charge on any atom is -0.391 e. The lowest BCUT2D eigenvalue weighted by Crippen LogP contribution is -2.40. The third-order valence-electron chi connectivity index (χ3n) is 2.38. The van der Waals surface area contributed by atoms with Crippen molar-refractivity contribution >= 4 is 11.7 Å². The van der Waals surface area contributed by atoms with Crippen LogP contribution in [0.3, 0.4) is 0 Å². The summed E-state index contributed by atoms with van der Waals surface area (Å²) in [6.45, 7) is 5.96. The molecular formula is C12H19N3O2. The molecule has 2 amide bonds. The topological polar surface area (TPSA) is 74.2 Å². The second kappa shape index (κ2) is 5.63. The van der Waals surface area contributed by atoms with Gasteiger partial charge in [-0.3, -0.25) is 4.98 Å². The van der Waals surface area contributed by atoms with Gasteiger partial charge in [0.25, 0.3) is 0 Å². The summed E-state index contributed by atoms with van der Waals surface area (Å²) in [7, 11) is 0. The van der Waals surface area contributed by atoms with Crippen molar-refractivity contribution in [2.24, 2.45) is 5.41 Å². The van der Waals surface area contributed by atoms with E-state index in [0.29, 0.717) is 5.69 Å². The van der Waals surface area contributed by atoms with Gasteiger partial charge >= 0.3 is 6.03 Å². The van der Waals surface area contributed by atoms with Crippen LogP contribution in [0, 0.1) is 5.41 Å². The first-order valence-electron chi connectivity index (χ1n) is 5.52. The summed E-state index contributed by atoms with van der Waals surface area (Å²) in [5.41, 5.74) is 0.372. The second-order valence-electron chi connectivity index (χ2n) is 4.96. The fourth-order valence-electron chi connectivity index (χ4n) is 1.11. The SMILES string of the molecule is CC(C)(C)C(O)CNC(=O)Nc1cccnc1. The maximum Gasteiger partial charge on any atom is 0.319 e. The van der Waals surface area contributed by atoms with Crippen LogP contribution < -0.4 is 10.6 Å². The zero-order valence-corrected chi connectivity index (χ0v) is 10.4. The van der Waals surface area contributed by atoms with Crippen LogP contribution in [0.4, 0.5) is 10.5 Å². The summed E-state index contributed by atoms with van der Waals surface area (Å²) < 4.78 is 0. The number of anilines is 1. The van der Waals surface area contributed by atoms with Crippen LogP contribution in [0.25, 0.3) is 0 Å². The molecule has 1 aromatic rings. The van der Waals surface area contributed by atoms with Crippen molar-refractivity contribution in [1.29, 1.82) is 0 Å². The minimum atomic E-state index is -0.581. The van der Waals surface area contributed by atoms with Gasteiger partial charge in [0, 0.05) is 12.7 Å². The number of hydrogen-bond donors (Lipinski definition) is 3. The van der Waals surface area contributed by atoms with Crippen LogP contribution in [0.15, 0.2) is 24.5 Å². The van der Waals surface area contributed by atoms with Crippen LogP contribution in [-0.4, -0.2) is 28.8 Å². The van der Waals surface area contributed by atoms with Crippen LogP contribution >= 0.6 is 0 Å². The number of aliphatic hydroxyl groups excluding tert-OH is 1. The predicted molar refractivity (Wildman–Crippen MR) is 66.7 cm³/mol. The van der Waals surface area contributed by atoms with Crippen molar-refractivity contribution in [1.82, 2.24) is 10.3 Å². The Kier molecular flexibility index (Phi) is 4.45. The molecular weight excluding hydrogens is 218 g/mol. The highest BCUT2D eigenvalue weighted by Gasteiger charge is 2.22. The molecule has 0 aliphatic carbocycles. The molecule has 0 radical (unpaired) electrons. The molecule has 0 saturated heterocycles. The average Bonchev–Trinajstić information content (AvgIpc) is 2.26. The standard InChI is InChI=1S/C12H19N3O2/c1-12(2,3)10(16)8-14-11(17)15-9-5-4-6-13-7-9/h4-7,10,16H,8H2,1-3H3,(H2,14,15,17). The quantitative estimate of drug-likeness (QED) is 0.747. The van der Waals surface area contributed by atoms with E-state index in [0.717, 1.165) is 0 Å². The average molecular weight is 237 g/mol. The predicted octanol–water partition coefficient (Wildman–Crippen LogP) is 1.61. The number of aliphatic hydroxyl groups is 1. The third-order valence-corrected chi connectivity index (χ3v) is 2.38. The van der Waals surface area contributed by atoms with Crippen molar-refractivity contribution < 1.29 is 9.90 Å². The molecule has 1 rings (SSSR count). The number of carbonyl (C=O) groups excluding carboxylic acids is 1. The van der Waals surface area contributed by atoms with E-state index in [-0.39, 0.29) is 18.0 Å². The fourth-order valence-corrected chi connectivity index (χ4v) is 1.11. The summed E-state index contributed by atoms with van der Waals surface area (Å²) >= 11 is 0. The Labute approximate surface area is 101 Å². The Morgan fingerprint density at radius 1 is 1.53 bits per heavy atom. The molecule has 5 nitrogen and oxygen atoms in total. The molecule has 1 heterocycles. The summed E-state index contributed by atoms with van der Waals surface area (Å²) in [4.78, 5) is 15.4. The summed E-state index contributed by atoms with van der Waals surface area (Å²) in [5, 5.41) is 15.0. The van der Waals surface area contributed by atoms with Crippen molar-refractivity contribution in [3.8, 4) is 0 Å². The number of nitrogens with one attached hydrogen (secondary N) is 2. The van der Waals surface area contributed by atoms with Crippen molar-refractivity contribution in [3.63, 3.8) is 0 Å². The second-order valence-corrected chi connectivity index (χ2v) is 4.96. The molecule has 0 aliphatic heterocycles. The first kappa shape index (κ1) is 13.4. The summed E-state index contributed by atoms with van der Waals surface area (Å²) in [6, 6.07) is 3.13. The molecule has 94 valence electrons. The van der Waals surface area contributed by atoms with E-state index >= 15 is 0 Å². The van der Waals surface area contributed by atoms with Gasteiger partial charge < -0.3 is 15.7 Å². The van der Waals surface area contributed by atoms with Gasteiger partial charge in [-0.1, -0.05) is 20.8 Å². The highest BCUT2D eigenvalue weighted by Crippen LogP contribution is 2.18. The largest absolute Gasteiger partial charge is 0.391 e. The van der Waals surface area contributed by atoms with Crippen LogP contribution in [0.1, 0.15) is 20.8 Å².